The van der Waals surface area contributed by atoms with Gasteiger partial charge in [0.05, 0.1) is 24.5 Å². The number of carbonyl (C=O) groups is 2. The van der Waals surface area contributed by atoms with Gasteiger partial charge in [0, 0.05) is 23.7 Å². The molecule has 0 saturated heterocycles. The Bertz CT molecular complexity index is 765. The lowest BCUT2D eigenvalue weighted by molar-refractivity contribution is -0.114. The van der Waals surface area contributed by atoms with Crippen LogP contribution in [0.1, 0.15) is 23.7 Å². The van der Waals surface area contributed by atoms with Gasteiger partial charge in [0.2, 0.25) is 5.91 Å². The molecule has 0 saturated carbocycles. The standard InChI is InChI=1S/C15H17N5O2/c1-8-10(4-3-5-12(8)17-9(2)21)14-11-6-20(15(16)22)7-13(11)18-19-14/h3-5H,6-7H2,1-2H3,(H2,16,22)(H,17,21)(H,18,19). The number of fused-ring (bicyclic) bond motifs is 1. The summed E-state index contributed by atoms with van der Waals surface area (Å²) < 4.78 is 0. The lowest BCUT2D eigenvalue weighted by Crippen LogP contribution is -2.31. The van der Waals surface area contributed by atoms with Gasteiger partial charge in [-0.1, -0.05) is 12.1 Å². The monoisotopic (exact) mass is 299 g/mol. The van der Waals surface area contributed by atoms with Gasteiger partial charge in [-0.25, -0.2) is 4.79 Å². The predicted molar refractivity (Wildman–Crippen MR) is 81.9 cm³/mol. The van der Waals surface area contributed by atoms with Gasteiger partial charge in [-0.05, 0) is 18.6 Å². The fourth-order valence-corrected chi connectivity index (χ4v) is 2.74. The van der Waals surface area contributed by atoms with Crippen molar-refractivity contribution < 1.29 is 9.59 Å². The summed E-state index contributed by atoms with van der Waals surface area (Å²) in [6, 6.07) is 5.22. The highest BCUT2D eigenvalue weighted by molar-refractivity contribution is 5.91. The first-order valence-corrected chi connectivity index (χ1v) is 6.95. The maximum absolute atomic E-state index is 11.3. The first-order chi connectivity index (χ1) is 10.5. The predicted octanol–water partition coefficient (Wildman–Crippen LogP) is 1.74. The van der Waals surface area contributed by atoms with Crippen molar-refractivity contribution in [3.63, 3.8) is 0 Å². The highest BCUT2D eigenvalue weighted by atomic mass is 16.2. The van der Waals surface area contributed by atoms with E-state index < -0.39 is 6.03 Å². The molecule has 2 heterocycles. The number of hydrogen-bond donors (Lipinski definition) is 3. The number of primary amides is 1. The number of aromatic amines is 1. The molecule has 0 spiro atoms. The summed E-state index contributed by atoms with van der Waals surface area (Å²) in [7, 11) is 0. The van der Waals surface area contributed by atoms with Gasteiger partial charge < -0.3 is 16.0 Å². The molecule has 114 valence electrons. The van der Waals surface area contributed by atoms with Crippen molar-refractivity contribution in [3.05, 3.63) is 35.0 Å². The number of benzene rings is 1. The van der Waals surface area contributed by atoms with Gasteiger partial charge in [-0.3, -0.25) is 9.89 Å². The molecular weight excluding hydrogens is 282 g/mol. The topological polar surface area (TPSA) is 104 Å². The number of carbonyl (C=O) groups excluding carboxylic acids is 2. The summed E-state index contributed by atoms with van der Waals surface area (Å²) in [5.41, 5.74) is 10.6. The molecule has 0 fully saturated rings. The van der Waals surface area contributed by atoms with Crippen LogP contribution in [0.3, 0.4) is 0 Å². The number of H-pyrrole nitrogens is 1. The highest BCUT2D eigenvalue weighted by Gasteiger charge is 2.28. The number of nitrogens with two attached hydrogens (primary N) is 1. The van der Waals surface area contributed by atoms with E-state index in [4.69, 9.17) is 5.73 Å². The van der Waals surface area contributed by atoms with Gasteiger partial charge in [0.15, 0.2) is 0 Å². The van der Waals surface area contributed by atoms with Crippen molar-refractivity contribution in [2.75, 3.05) is 5.32 Å². The van der Waals surface area contributed by atoms with E-state index in [1.54, 1.807) is 4.90 Å². The molecule has 2 aromatic rings. The fraction of sp³-hybridized carbons (Fsp3) is 0.267. The Hall–Kier alpha value is -2.83. The van der Waals surface area contributed by atoms with Crippen molar-refractivity contribution >= 4 is 17.6 Å². The van der Waals surface area contributed by atoms with Crippen LogP contribution in [0.25, 0.3) is 11.3 Å². The minimum atomic E-state index is -0.445. The molecule has 1 aliphatic rings. The largest absolute Gasteiger partial charge is 0.351 e. The van der Waals surface area contributed by atoms with Crippen LogP contribution < -0.4 is 11.1 Å². The molecule has 1 aliphatic heterocycles. The van der Waals surface area contributed by atoms with Crippen molar-refractivity contribution in [1.82, 2.24) is 15.1 Å². The molecule has 0 bridgehead atoms. The summed E-state index contributed by atoms with van der Waals surface area (Å²) in [6.45, 7) is 4.30. The molecular formula is C15H17N5O2. The first-order valence-electron chi connectivity index (χ1n) is 6.95. The normalized spacial score (nSPS) is 13.1. The van der Waals surface area contributed by atoms with Crippen LogP contribution >= 0.6 is 0 Å². The number of hydrogen-bond acceptors (Lipinski definition) is 3. The molecule has 1 aromatic carbocycles. The Kier molecular flexibility index (Phi) is 3.32. The van der Waals surface area contributed by atoms with Crippen molar-refractivity contribution in [2.45, 2.75) is 26.9 Å². The van der Waals surface area contributed by atoms with Crippen LogP contribution in [0.15, 0.2) is 18.2 Å². The molecule has 7 nitrogen and oxygen atoms in total. The quantitative estimate of drug-likeness (QED) is 0.786. The molecule has 22 heavy (non-hydrogen) atoms. The van der Waals surface area contributed by atoms with Gasteiger partial charge >= 0.3 is 6.03 Å². The van der Waals surface area contributed by atoms with Crippen LogP contribution in [0.4, 0.5) is 10.5 Å². The molecule has 7 heteroatoms. The Morgan fingerprint density at radius 2 is 2.14 bits per heavy atom. The zero-order valence-electron chi connectivity index (χ0n) is 12.4. The zero-order chi connectivity index (χ0) is 15.9. The average molecular weight is 299 g/mol. The van der Waals surface area contributed by atoms with Gasteiger partial charge in [-0.15, -0.1) is 0 Å². The number of rotatable bonds is 2. The maximum Gasteiger partial charge on any atom is 0.315 e. The lowest BCUT2D eigenvalue weighted by Gasteiger charge is -2.13. The lowest BCUT2D eigenvalue weighted by atomic mass is 10.0. The summed E-state index contributed by atoms with van der Waals surface area (Å²) in [5, 5.41) is 10.1. The summed E-state index contributed by atoms with van der Waals surface area (Å²) in [6.07, 6.45) is 0. The van der Waals surface area contributed by atoms with E-state index in [9.17, 15) is 9.59 Å². The van der Waals surface area contributed by atoms with Gasteiger partial charge in [0.1, 0.15) is 0 Å². The number of nitrogens with zero attached hydrogens (tertiary/aromatic N) is 2. The maximum atomic E-state index is 11.3. The summed E-state index contributed by atoms with van der Waals surface area (Å²) in [5.74, 6) is -0.118. The minimum absolute atomic E-state index is 0.118. The average Bonchev–Trinajstić information content (AvgIpc) is 3.01. The number of aromatic nitrogens is 2. The zero-order valence-corrected chi connectivity index (χ0v) is 12.4. The van der Waals surface area contributed by atoms with Crippen LogP contribution in [0.5, 0.6) is 0 Å². The summed E-state index contributed by atoms with van der Waals surface area (Å²) in [4.78, 5) is 24.2. The van der Waals surface area contributed by atoms with Gasteiger partial charge in [-0.2, -0.15) is 5.10 Å². The smallest absolute Gasteiger partial charge is 0.315 e. The molecule has 0 radical (unpaired) electrons. The van der Waals surface area contributed by atoms with E-state index in [0.29, 0.717) is 13.1 Å². The fourth-order valence-electron chi connectivity index (χ4n) is 2.74. The SMILES string of the molecule is CC(=O)Nc1cccc(-c2n[nH]c3c2CN(C(N)=O)C3)c1C. The third-order valence-electron chi connectivity index (χ3n) is 3.86. The molecule has 3 amide bonds. The first kappa shape index (κ1) is 14.1. The van der Waals surface area contributed by atoms with Crippen LogP contribution in [0, 0.1) is 6.92 Å². The molecule has 0 aliphatic carbocycles. The molecule has 4 N–H and O–H groups in total. The third kappa shape index (κ3) is 2.30. The molecule has 3 rings (SSSR count). The van der Waals surface area contributed by atoms with E-state index >= 15 is 0 Å². The molecule has 0 unspecified atom stereocenters. The van der Waals surface area contributed by atoms with Crippen LogP contribution in [-0.4, -0.2) is 27.0 Å². The number of anilines is 1. The summed E-state index contributed by atoms with van der Waals surface area (Å²) >= 11 is 0. The number of amides is 3. The number of urea groups is 1. The van der Waals surface area contributed by atoms with Gasteiger partial charge in [0.25, 0.3) is 0 Å². The van der Waals surface area contributed by atoms with Crippen LogP contribution in [0.2, 0.25) is 0 Å². The van der Waals surface area contributed by atoms with Crippen molar-refractivity contribution in [3.8, 4) is 11.3 Å². The Morgan fingerprint density at radius 3 is 2.82 bits per heavy atom. The van der Waals surface area contributed by atoms with E-state index in [0.717, 1.165) is 33.8 Å². The Morgan fingerprint density at radius 1 is 1.36 bits per heavy atom. The van der Waals surface area contributed by atoms with E-state index in [-0.39, 0.29) is 5.91 Å². The van der Waals surface area contributed by atoms with E-state index in [1.165, 1.54) is 6.92 Å². The second-order valence-electron chi connectivity index (χ2n) is 5.38. The molecule has 0 atom stereocenters. The Balaban J connectivity index is 2.01. The minimum Gasteiger partial charge on any atom is -0.351 e. The highest BCUT2D eigenvalue weighted by Crippen LogP contribution is 2.34. The van der Waals surface area contributed by atoms with E-state index in [1.807, 2.05) is 25.1 Å². The van der Waals surface area contributed by atoms with Crippen molar-refractivity contribution in [2.24, 2.45) is 5.73 Å². The molecule has 1 aromatic heterocycles. The second kappa shape index (κ2) is 5.18. The Labute approximate surface area is 127 Å². The van der Waals surface area contributed by atoms with E-state index in [2.05, 4.69) is 15.5 Å². The van der Waals surface area contributed by atoms with Crippen LogP contribution in [-0.2, 0) is 17.9 Å². The third-order valence-corrected chi connectivity index (χ3v) is 3.86. The number of nitrogens with one attached hydrogen (secondary N) is 2. The second-order valence-corrected chi connectivity index (χ2v) is 5.38. The van der Waals surface area contributed by atoms with Crippen molar-refractivity contribution in [1.29, 1.82) is 0 Å².